The van der Waals surface area contributed by atoms with E-state index < -0.39 is 10.0 Å². The molecule has 0 aliphatic rings. The molecule has 1 N–H and O–H groups in total. The Kier molecular flexibility index (Phi) is 5.96. The third-order valence-electron chi connectivity index (χ3n) is 3.23. The van der Waals surface area contributed by atoms with Crippen molar-refractivity contribution in [2.45, 2.75) is 30.5 Å². The summed E-state index contributed by atoms with van der Waals surface area (Å²) in [6, 6.07) is 3.12. The Hall–Kier alpha value is -0.920. The largest absolute Gasteiger partial charge is 0.354 e. The number of carbonyl (C=O) groups is 1. The van der Waals surface area contributed by atoms with Crippen LogP contribution in [0, 0.1) is 5.92 Å². The minimum Gasteiger partial charge on any atom is -0.354 e. The van der Waals surface area contributed by atoms with Gasteiger partial charge in [-0.05, 0) is 17.4 Å². The standard InChI is InChI=1S/C12H20N2O3S2/c1-4-10(2)11(13-9-15)8-14(3)19(16,17)12-6-5-7-18-12/h5-7,9-11H,4,8H2,1-3H3,(H,13,15)/t10-,11+/m0/s1. The van der Waals surface area contributed by atoms with Crippen LogP contribution >= 0.6 is 11.3 Å². The van der Waals surface area contributed by atoms with E-state index in [1.165, 1.54) is 22.7 Å². The number of likely N-dealkylation sites (N-methyl/N-ethyl adjacent to an activating group) is 1. The minimum atomic E-state index is -3.45. The van der Waals surface area contributed by atoms with Gasteiger partial charge < -0.3 is 5.32 Å². The molecule has 0 saturated carbocycles. The fraction of sp³-hybridized carbons (Fsp3) is 0.583. The summed E-state index contributed by atoms with van der Waals surface area (Å²) in [5, 5.41) is 4.43. The molecule has 0 fully saturated rings. The zero-order valence-electron chi connectivity index (χ0n) is 11.4. The maximum absolute atomic E-state index is 12.3. The maximum Gasteiger partial charge on any atom is 0.252 e. The maximum atomic E-state index is 12.3. The molecule has 1 heterocycles. The molecule has 5 nitrogen and oxygen atoms in total. The van der Waals surface area contributed by atoms with E-state index in [0.29, 0.717) is 10.6 Å². The lowest BCUT2D eigenvalue weighted by Gasteiger charge is -2.27. The van der Waals surface area contributed by atoms with Crippen molar-refractivity contribution in [3.63, 3.8) is 0 Å². The number of carbonyl (C=O) groups excluding carboxylic acids is 1. The number of sulfonamides is 1. The van der Waals surface area contributed by atoms with E-state index in [1.807, 2.05) is 13.8 Å². The van der Waals surface area contributed by atoms with Crippen LogP contribution < -0.4 is 5.32 Å². The summed E-state index contributed by atoms with van der Waals surface area (Å²) >= 11 is 1.19. The molecule has 0 unspecified atom stereocenters. The Morgan fingerprint density at radius 2 is 2.21 bits per heavy atom. The van der Waals surface area contributed by atoms with Crippen molar-refractivity contribution in [2.75, 3.05) is 13.6 Å². The smallest absolute Gasteiger partial charge is 0.252 e. The molecule has 1 amide bonds. The second-order valence-corrected chi connectivity index (χ2v) is 7.71. The molecule has 0 aliphatic heterocycles. The van der Waals surface area contributed by atoms with Crippen molar-refractivity contribution in [1.29, 1.82) is 0 Å². The van der Waals surface area contributed by atoms with Crippen LogP contribution in [0.3, 0.4) is 0 Å². The van der Waals surface area contributed by atoms with Crippen LogP contribution in [-0.4, -0.2) is 38.8 Å². The predicted octanol–water partition coefficient (Wildman–Crippen LogP) is 1.53. The van der Waals surface area contributed by atoms with Gasteiger partial charge in [0.05, 0.1) is 0 Å². The van der Waals surface area contributed by atoms with Gasteiger partial charge in [-0.15, -0.1) is 11.3 Å². The lowest BCUT2D eigenvalue weighted by atomic mass is 9.99. The van der Waals surface area contributed by atoms with E-state index >= 15 is 0 Å². The molecule has 2 atom stereocenters. The summed E-state index contributed by atoms with van der Waals surface area (Å²) in [5.74, 6) is 0.214. The molecule has 0 aromatic carbocycles. The summed E-state index contributed by atoms with van der Waals surface area (Å²) in [6.07, 6.45) is 1.50. The monoisotopic (exact) mass is 304 g/mol. The molecule has 0 aliphatic carbocycles. The first-order chi connectivity index (χ1) is 8.93. The first-order valence-corrected chi connectivity index (χ1v) is 8.45. The number of nitrogens with one attached hydrogen (secondary N) is 1. The number of thiophene rings is 1. The third-order valence-corrected chi connectivity index (χ3v) is 6.42. The van der Waals surface area contributed by atoms with Gasteiger partial charge in [0.25, 0.3) is 10.0 Å². The Morgan fingerprint density at radius 1 is 1.53 bits per heavy atom. The van der Waals surface area contributed by atoms with Crippen LogP contribution in [0.1, 0.15) is 20.3 Å². The normalized spacial score (nSPS) is 15.2. The van der Waals surface area contributed by atoms with E-state index in [0.717, 1.165) is 6.42 Å². The van der Waals surface area contributed by atoms with E-state index in [2.05, 4.69) is 5.32 Å². The Bertz CT molecular complexity index is 485. The predicted molar refractivity (Wildman–Crippen MR) is 76.6 cm³/mol. The highest BCUT2D eigenvalue weighted by Gasteiger charge is 2.26. The van der Waals surface area contributed by atoms with E-state index in [1.54, 1.807) is 17.5 Å². The van der Waals surface area contributed by atoms with Gasteiger partial charge in [-0.25, -0.2) is 8.42 Å². The van der Waals surface area contributed by atoms with Crippen molar-refractivity contribution in [3.8, 4) is 0 Å². The number of nitrogens with zero attached hydrogens (tertiary/aromatic N) is 1. The summed E-state index contributed by atoms with van der Waals surface area (Å²) in [4.78, 5) is 10.6. The average Bonchev–Trinajstić information content (AvgIpc) is 2.91. The van der Waals surface area contributed by atoms with Gasteiger partial charge in [-0.3, -0.25) is 4.79 Å². The Morgan fingerprint density at radius 3 is 2.68 bits per heavy atom. The zero-order chi connectivity index (χ0) is 14.5. The number of hydrogen-bond donors (Lipinski definition) is 1. The summed E-state index contributed by atoms with van der Waals surface area (Å²) in [7, 11) is -1.92. The minimum absolute atomic E-state index is 0.178. The second-order valence-electron chi connectivity index (χ2n) is 4.49. The van der Waals surface area contributed by atoms with Crippen LogP contribution in [0.5, 0.6) is 0 Å². The topological polar surface area (TPSA) is 66.5 Å². The molecular weight excluding hydrogens is 284 g/mol. The third kappa shape index (κ3) is 4.02. The molecule has 1 aromatic rings. The van der Waals surface area contributed by atoms with Gasteiger partial charge in [0.1, 0.15) is 4.21 Å². The van der Waals surface area contributed by atoms with Crippen molar-refractivity contribution < 1.29 is 13.2 Å². The van der Waals surface area contributed by atoms with Crippen molar-refractivity contribution >= 4 is 27.8 Å². The molecule has 1 aromatic heterocycles. The summed E-state index contributed by atoms with van der Waals surface area (Å²) in [6.45, 7) is 4.28. The quantitative estimate of drug-likeness (QED) is 0.741. The SMILES string of the molecule is CC[C@H](C)[C@@H](CN(C)S(=O)(=O)c1cccs1)NC=O. The Labute approximate surface area is 118 Å². The van der Waals surface area contributed by atoms with E-state index in [-0.39, 0.29) is 18.5 Å². The number of hydrogen-bond acceptors (Lipinski definition) is 4. The van der Waals surface area contributed by atoms with Crippen LogP contribution in [-0.2, 0) is 14.8 Å². The van der Waals surface area contributed by atoms with Crippen molar-refractivity contribution in [1.82, 2.24) is 9.62 Å². The highest BCUT2D eigenvalue weighted by atomic mass is 32.2. The van der Waals surface area contributed by atoms with Crippen LogP contribution in [0.25, 0.3) is 0 Å². The van der Waals surface area contributed by atoms with E-state index in [9.17, 15) is 13.2 Å². The first kappa shape index (κ1) is 16.1. The lowest BCUT2D eigenvalue weighted by Crippen LogP contribution is -2.44. The molecule has 0 radical (unpaired) electrons. The van der Waals surface area contributed by atoms with Crippen molar-refractivity contribution in [2.24, 2.45) is 5.92 Å². The highest BCUT2D eigenvalue weighted by molar-refractivity contribution is 7.91. The van der Waals surface area contributed by atoms with Gasteiger partial charge in [0.15, 0.2) is 0 Å². The molecular formula is C12H20N2O3S2. The summed E-state index contributed by atoms with van der Waals surface area (Å²) in [5.41, 5.74) is 0. The van der Waals surface area contributed by atoms with Gasteiger partial charge >= 0.3 is 0 Å². The highest BCUT2D eigenvalue weighted by Crippen LogP contribution is 2.21. The number of rotatable bonds is 8. The van der Waals surface area contributed by atoms with Gasteiger partial charge in [-0.2, -0.15) is 4.31 Å². The fourth-order valence-corrected chi connectivity index (χ4v) is 4.11. The fourth-order valence-electron chi connectivity index (χ4n) is 1.71. The molecule has 0 bridgehead atoms. The summed E-state index contributed by atoms with van der Waals surface area (Å²) < 4.78 is 26.1. The first-order valence-electron chi connectivity index (χ1n) is 6.13. The van der Waals surface area contributed by atoms with Crippen LogP contribution in [0.4, 0.5) is 0 Å². The van der Waals surface area contributed by atoms with Gasteiger partial charge in [0, 0.05) is 19.6 Å². The van der Waals surface area contributed by atoms with Crippen molar-refractivity contribution in [3.05, 3.63) is 17.5 Å². The molecule has 0 saturated heterocycles. The molecule has 0 spiro atoms. The molecule has 108 valence electrons. The lowest BCUT2D eigenvalue weighted by molar-refractivity contribution is -0.110. The Balaban J connectivity index is 2.82. The second kappa shape index (κ2) is 7.02. The van der Waals surface area contributed by atoms with Gasteiger partial charge in [0.2, 0.25) is 6.41 Å². The van der Waals surface area contributed by atoms with E-state index in [4.69, 9.17) is 0 Å². The average molecular weight is 304 g/mol. The van der Waals surface area contributed by atoms with Crippen LogP contribution in [0.15, 0.2) is 21.7 Å². The van der Waals surface area contributed by atoms with Crippen LogP contribution in [0.2, 0.25) is 0 Å². The number of amides is 1. The molecule has 19 heavy (non-hydrogen) atoms. The zero-order valence-corrected chi connectivity index (χ0v) is 13.0. The molecule has 1 rings (SSSR count). The molecule has 7 heteroatoms. The van der Waals surface area contributed by atoms with Gasteiger partial charge in [-0.1, -0.05) is 26.3 Å².